The fourth-order valence-electron chi connectivity index (χ4n) is 1.37. The van der Waals surface area contributed by atoms with Gasteiger partial charge >= 0.3 is 0 Å². The van der Waals surface area contributed by atoms with Crippen molar-refractivity contribution in [1.29, 1.82) is 0 Å². The SMILES string of the molecule is FCC1(Cn2cc(Br)cn2)COC1. The van der Waals surface area contributed by atoms with Gasteiger partial charge in [-0.15, -0.1) is 0 Å². The summed E-state index contributed by atoms with van der Waals surface area (Å²) in [6.45, 7) is 1.25. The molecule has 0 unspecified atom stereocenters. The highest BCUT2D eigenvalue weighted by Crippen LogP contribution is 2.30. The van der Waals surface area contributed by atoms with Gasteiger partial charge in [0, 0.05) is 6.20 Å². The number of nitrogens with zero attached hydrogens (tertiary/aromatic N) is 2. The number of alkyl halides is 1. The second-order valence-corrected chi connectivity index (χ2v) is 4.40. The molecule has 2 rings (SSSR count). The zero-order chi connectivity index (χ0) is 9.31. The smallest absolute Gasteiger partial charge is 0.101 e. The summed E-state index contributed by atoms with van der Waals surface area (Å²) < 4.78 is 20.3. The second kappa shape index (κ2) is 3.38. The first-order chi connectivity index (χ1) is 6.24. The van der Waals surface area contributed by atoms with Crippen molar-refractivity contribution in [3.05, 3.63) is 16.9 Å². The van der Waals surface area contributed by atoms with Crippen LogP contribution in [0.15, 0.2) is 16.9 Å². The van der Waals surface area contributed by atoms with Crippen molar-refractivity contribution in [3.63, 3.8) is 0 Å². The highest BCUT2D eigenvalue weighted by molar-refractivity contribution is 9.10. The van der Waals surface area contributed by atoms with Crippen LogP contribution < -0.4 is 0 Å². The molecule has 0 N–H and O–H groups in total. The van der Waals surface area contributed by atoms with E-state index in [2.05, 4.69) is 21.0 Å². The molecule has 1 aliphatic heterocycles. The summed E-state index contributed by atoms with van der Waals surface area (Å²) in [5.74, 6) is 0. The molecule has 0 amide bonds. The molecule has 0 radical (unpaired) electrons. The molecule has 5 heteroatoms. The highest BCUT2D eigenvalue weighted by Gasteiger charge is 2.39. The first-order valence-corrected chi connectivity index (χ1v) is 4.85. The summed E-state index contributed by atoms with van der Waals surface area (Å²) >= 11 is 3.29. The first kappa shape index (κ1) is 9.15. The van der Waals surface area contributed by atoms with Gasteiger partial charge in [0.1, 0.15) is 6.67 Å². The maximum absolute atomic E-state index is 12.7. The Morgan fingerprint density at radius 1 is 1.69 bits per heavy atom. The molecule has 1 aromatic rings. The largest absolute Gasteiger partial charge is 0.380 e. The molecule has 0 spiro atoms. The van der Waals surface area contributed by atoms with E-state index >= 15 is 0 Å². The van der Waals surface area contributed by atoms with Crippen LogP contribution in [0.3, 0.4) is 0 Å². The van der Waals surface area contributed by atoms with Crippen molar-refractivity contribution in [2.24, 2.45) is 5.41 Å². The van der Waals surface area contributed by atoms with Gasteiger partial charge in [0.25, 0.3) is 0 Å². The third-order valence-corrected chi connectivity index (χ3v) is 2.61. The third kappa shape index (κ3) is 1.76. The van der Waals surface area contributed by atoms with Gasteiger partial charge in [-0.05, 0) is 15.9 Å². The molecule has 1 aliphatic rings. The lowest BCUT2D eigenvalue weighted by Gasteiger charge is -2.38. The number of aromatic nitrogens is 2. The molecule has 1 fully saturated rings. The summed E-state index contributed by atoms with van der Waals surface area (Å²) in [6.07, 6.45) is 3.54. The average molecular weight is 249 g/mol. The number of ether oxygens (including phenoxy) is 1. The Hall–Kier alpha value is -0.420. The van der Waals surface area contributed by atoms with Gasteiger partial charge in [-0.2, -0.15) is 5.10 Å². The molecule has 72 valence electrons. The van der Waals surface area contributed by atoms with Gasteiger partial charge < -0.3 is 4.74 Å². The summed E-state index contributed by atoms with van der Waals surface area (Å²) in [5, 5.41) is 4.08. The summed E-state index contributed by atoms with van der Waals surface area (Å²) in [6, 6.07) is 0. The van der Waals surface area contributed by atoms with E-state index in [0.717, 1.165) is 4.47 Å². The van der Waals surface area contributed by atoms with Crippen LogP contribution in [0.2, 0.25) is 0 Å². The van der Waals surface area contributed by atoms with Crippen molar-refractivity contribution in [3.8, 4) is 0 Å². The van der Waals surface area contributed by atoms with E-state index in [1.807, 2.05) is 6.20 Å². The fraction of sp³-hybridized carbons (Fsp3) is 0.625. The summed E-state index contributed by atoms with van der Waals surface area (Å²) in [7, 11) is 0. The topological polar surface area (TPSA) is 27.1 Å². The van der Waals surface area contributed by atoms with E-state index in [4.69, 9.17) is 4.74 Å². The molecule has 1 aromatic heterocycles. The molecule has 0 aliphatic carbocycles. The lowest BCUT2D eigenvalue weighted by molar-refractivity contribution is -0.133. The van der Waals surface area contributed by atoms with Crippen LogP contribution in [-0.4, -0.2) is 29.7 Å². The summed E-state index contributed by atoms with van der Waals surface area (Å²) in [4.78, 5) is 0. The predicted octanol–water partition coefficient (Wildman–Crippen LogP) is 1.63. The molecule has 0 bridgehead atoms. The van der Waals surface area contributed by atoms with E-state index in [0.29, 0.717) is 19.8 Å². The number of hydrogen-bond acceptors (Lipinski definition) is 2. The molecule has 2 heterocycles. The van der Waals surface area contributed by atoms with Crippen LogP contribution >= 0.6 is 15.9 Å². The van der Waals surface area contributed by atoms with Crippen LogP contribution in [0.5, 0.6) is 0 Å². The van der Waals surface area contributed by atoms with E-state index in [-0.39, 0.29) is 12.1 Å². The van der Waals surface area contributed by atoms with Crippen molar-refractivity contribution >= 4 is 15.9 Å². The van der Waals surface area contributed by atoms with Crippen molar-refractivity contribution < 1.29 is 9.13 Å². The summed E-state index contributed by atoms with van der Waals surface area (Å²) in [5.41, 5.74) is -0.328. The zero-order valence-corrected chi connectivity index (χ0v) is 8.63. The maximum atomic E-state index is 12.7. The number of rotatable bonds is 3. The van der Waals surface area contributed by atoms with Crippen molar-refractivity contribution in [2.75, 3.05) is 19.9 Å². The number of hydrogen-bond donors (Lipinski definition) is 0. The maximum Gasteiger partial charge on any atom is 0.101 e. The van der Waals surface area contributed by atoms with Gasteiger partial charge in [0.05, 0.1) is 35.8 Å². The number of halogens is 2. The lowest BCUT2D eigenvalue weighted by atomic mass is 9.88. The molecule has 0 atom stereocenters. The van der Waals surface area contributed by atoms with Gasteiger partial charge in [-0.3, -0.25) is 9.07 Å². The average Bonchev–Trinajstić information content (AvgIpc) is 2.44. The Labute approximate surface area is 84.0 Å². The fourth-order valence-corrected chi connectivity index (χ4v) is 1.70. The third-order valence-electron chi connectivity index (χ3n) is 2.20. The minimum absolute atomic E-state index is 0.328. The van der Waals surface area contributed by atoms with Crippen molar-refractivity contribution in [2.45, 2.75) is 6.54 Å². The van der Waals surface area contributed by atoms with Crippen LogP contribution in [0, 0.1) is 5.41 Å². The van der Waals surface area contributed by atoms with Gasteiger partial charge in [-0.25, -0.2) is 0 Å². The Morgan fingerprint density at radius 3 is 2.85 bits per heavy atom. The van der Waals surface area contributed by atoms with E-state index in [1.54, 1.807) is 10.9 Å². The van der Waals surface area contributed by atoms with E-state index in [9.17, 15) is 4.39 Å². The van der Waals surface area contributed by atoms with Crippen LogP contribution in [0.25, 0.3) is 0 Å². The molecule has 3 nitrogen and oxygen atoms in total. The molecule has 13 heavy (non-hydrogen) atoms. The van der Waals surface area contributed by atoms with Gasteiger partial charge in [-0.1, -0.05) is 0 Å². The van der Waals surface area contributed by atoms with E-state index < -0.39 is 0 Å². The Morgan fingerprint density at radius 2 is 2.46 bits per heavy atom. The second-order valence-electron chi connectivity index (χ2n) is 3.48. The lowest BCUT2D eigenvalue weighted by Crippen LogP contribution is -2.47. The molecular weight excluding hydrogens is 239 g/mol. The quantitative estimate of drug-likeness (QED) is 0.814. The van der Waals surface area contributed by atoms with Crippen LogP contribution in [-0.2, 0) is 11.3 Å². The van der Waals surface area contributed by atoms with E-state index in [1.165, 1.54) is 0 Å². The van der Waals surface area contributed by atoms with Gasteiger partial charge in [0.2, 0.25) is 0 Å². The Balaban J connectivity index is 2.04. The highest BCUT2D eigenvalue weighted by atomic mass is 79.9. The molecule has 0 saturated carbocycles. The minimum Gasteiger partial charge on any atom is -0.380 e. The Bertz CT molecular complexity index is 293. The normalized spacial score (nSPS) is 19.8. The van der Waals surface area contributed by atoms with Crippen LogP contribution in [0.1, 0.15) is 0 Å². The molecular formula is C8H10BrFN2O. The monoisotopic (exact) mass is 248 g/mol. The standard InChI is InChI=1S/C8H10BrFN2O/c9-7-1-11-12(2-7)4-8(3-10)5-13-6-8/h1-2H,3-6H2. The molecule has 1 saturated heterocycles. The molecule has 0 aromatic carbocycles. The van der Waals surface area contributed by atoms with Crippen LogP contribution in [0.4, 0.5) is 4.39 Å². The van der Waals surface area contributed by atoms with Crippen molar-refractivity contribution in [1.82, 2.24) is 9.78 Å². The Kier molecular flexibility index (Phi) is 2.38. The van der Waals surface area contributed by atoms with Gasteiger partial charge in [0.15, 0.2) is 0 Å². The minimum atomic E-state index is -0.343. The zero-order valence-electron chi connectivity index (χ0n) is 7.04. The first-order valence-electron chi connectivity index (χ1n) is 4.06. The predicted molar refractivity (Wildman–Crippen MR) is 49.2 cm³/mol.